The van der Waals surface area contributed by atoms with Crippen LogP contribution in [0, 0.1) is 0 Å². The molecule has 4 rings (SSSR count). The maximum absolute atomic E-state index is 13.4. The zero-order valence-electron chi connectivity index (χ0n) is 18.5. The maximum Gasteiger partial charge on any atom is 0.325 e. The summed E-state index contributed by atoms with van der Waals surface area (Å²) >= 11 is 0. The average Bonchev–Trinajstić information content (AvgIpc) is 3.43. The standard InChI is InChI=1S/C25H30N4O3/c1-2-3-15-25(19-9-5-4-6-10-19)23(31)29(24(32)27-25)18-22(30)26-20-11-13-21(14-12-20)28-16-7-8-17-28/h4-6,9-14H,2-3,7-8,15-18H2,1H3,(H,26,30)(H,27,32). The van der Waals surface area contributed by atoms with Crippen LogP contribution < -0.4 is 15.5 Å². The molecule has 32 heavy (non-hydrogen) atoms. The number of carbonyl (C=O) groups is 3. The first-order valence-corrected chi connectivity index (χ1v) is 11.4. The molecule has 2 saturated heterocycles. The van der Waals surface area contributed by atoms with Crippen molar-refractivity contribution in [3.8, 4) is 0 Å². The number of hydrogen-bond donors (Lipinski definition) is 2. The highest BCUT2D eigenvalue weighted by Gasteiger charge is 2.52. The van der Waals surface area contributed by atoms with Gasteiger partial charge in [-0.1, -0.05) is 50.1 Å². The van der Waals surface area contributed by atoms with Crippen LogP contribution in [0.3, 0.4) is 0 Å². The molecule has 2 aromatic carbocycles. The summed E-state index contributed by atoms with van der Waals surface area (Å²) in [7, 11) is 0. The second-order valence-corrected chi connectivity index (χ2v) is 8.49. The van der Waals surface area contributed by atoms with E-state index in [2.05, 4.69) is 15.5 Å². The molecular weight excluding hydrogens is 404 g/mol. The number of rotatable bonds is 8. The van der Waals surface area contributed by atoms with Crippen molar-refractivity contribution in [2.24, 2.45) is 0 Å². The van der Waals surface area contributed by atoms with Gasteiger partial charge in [-0.2, -0.15) is 0 Å². The van der Waals surface area contributed by atoms with E-state index in [1.807, 2.05) is 61.5 Å². The molecule has 7 heteroatoms. The Kier molecular flexibility index (Phi) is 6.44. The number of amides is 4. The summed E-state index contributed by atoms with van der Waals surface area (Å²) in [5, 5.41) is 5.68. The van der Waals surface area contributed by atoms with Gasteiger partial charge in [0.05, 0.1) is 0 Å². The Morgan fingerprint density at radius 2 is 1.72 bits per heavy atom. The molecule has 2 N–H and O–H groups in total. The molecule has 4 amide bonds. The first-order valence-electron chi connectivity index (χ1n) is 11.4. The second-order valence-electron chi connectivity index (χ2n) is 8.49. The van der Waals surface area contributed by atoms with Gasteiger partial charge in [0.1, 0.15) is 12.1 Å². The monoisotopic (exact) mass is 434 g/mol. The van der Waals surface area contributed by atoms with Crippen molar-refractivity contribution in [3.05, 3.63) is 60.2 Å². The number of benzene rings is 2. The Morgan fingerprint density at radius 1 is 1.03 bits per heavy atom. The van der Waals surface area contributed by atoms with Crippen molar-refractivity contribution in [1.82, 2.24) is 10.2 Å². The predicted octanol–water partition coefficient (Wildman–Crippen LogP) is 3.86. The molecule has 2 fully saturated rings. The van der Waals surface area contributed by atoms with E-state index in [1.54, 1.807) is 0 Å². The van der Waals surface area contributed by atoms with Crippen molar-refractivity contribution in [2.75, 3.05) is 29.9 Å². The lowest BCUT2D eigenvalue weighted by Gasteiger charge is -2.27. The summed E-state index contributed by atoms with van der Waals surface area (Å²) < 4.78 is 0. The third-order valence-electron chi connectivity index (χ3n) is 6.27. The molecule has 168 valence electrons. The van der Waals surface area contributed by atoms with Crippen molar-refractivity contribution in [2.45, 2.75) is 44.6 Å². The van der Waals surface area contributed by atoms with E-state index in [0.717, 1.165) is 42.1 Å². The number of unbranched alkanes of at least 4 members (excludes halogenated alkanes) is 1. The fourth-order valence-corrected chi connectivity index (χ4v) is 4.52. The summed E-state index contributed by atoms with van der Waals surface area (Å²) in [5.41, 5.74) is 1.40. The van der Waals surface area contributed by atoms with Crippen molar-refractivity contribution >= 4 is 29.2 Å². The van der Waals surface area contributed by atoms with Gasteiger partial charge in [-0.3, -0.25) is 14.5 Å². The number of imide groups is 1. The van der Waals surface area contributed by atoms with Crippen LogP contribution in [-0.2, 0) is 15.1 Å². The quantitative estimate of drug-likeness (QED) is 0.618. The molecular formula is C25H30N4O3. The SMILES string of the molecule is CCCCC1(c2ccccc2)NC(=O)N(CC(=O)Nc2ccc(N3CCCC3)cc2)C1=O. The van der Waals surface area contributed by atoms with E-state index in [1.165, 1.54) is 12.8 Å². The lowest BCUT2D eigenvalue weighted by Crippen LogP contribution is -2.44. The first-order chi connectivity index (χ1) is 15.5. The van der Waals surface area contributed by atoms with Crippen LogP contribution in [0.25, 0.3) is 0 Å². The van der Waals surface area contributed by atoms with E-state index in [4.69, 9.17) is 0 Å². The normalized spacial score (nSPS) is 20.5. The van der Waals surface area contributed by atoms with E-state index < -0.39 is 17.5 Å². The highest BCUT2D eigenvalue weighted by molar-refractivity contribution is 6.10. The van der Waals surface area contributed by atoms with Gasteiger partial charge < -0.3 is 15.5 Å². The van der Waals surface area contributed by atoms with Gasteiger partial charge in [-0.25, -0.2) is 4.79 Å². The van der Waals surface area contributed by atoms with Crippen molar-refractivity contribution in [1.29, 1.82) is 0 Å². The van der Waals surface area contributed by atoms with Crippen molar-refractivity contribution in [3.63, 3.8) is 0 Å². The highest BCUT2D eigenvalue weighted by Crippen LogP contribution is 2.34. The van der Waals surface area contributed by atoms with Gasteiger partial charge >= 0.3 is 6.03 Å². The molecule has 1 atom stereocenters. The van der Waals surface area contributed by atoms with Gasteiger partial charge in [0.25, 0.3) is 5.91 Å². The first kappa shape index (κ1) is 21.9. The Morgan fingerprint density at radius 3 is 2.38 bits per heavy atom. The zero-order chi connectivity index (χ0) is 22.6. The zero-order valence-corrected chi connectivity index (χ0v) is 18.5. The van der Waals surface area contributed by atoms with E-state index in [-0.39, 0.29) is 12.5 Å². The molecule has 7 nitrogen and oxygen atoms in total. The van der Waals surface area contributed by atoms with E-state index >= 15 is 0 Å². The van der Waals surface area contributed by atoms with Gasteiger partial charge in [-0.05, 0) is 49.1 Å². The number of nitrogens with zero attached hydrogens (tertiary/aromatic N) is 2. The molecule has 1 unspecified atom stereocenters. The third kappa shape index (κ3) is 4.33. The Hall–Kier alpha value is -3.35. The lowest BCUT2D eigenvalue weighted by atomic mass is 9.85. The Labute approximate surface area is 188 Å². The summed E-state index contributed by atoms with van der Waals surface area (Å²) in [5.74, 6) is -0.775. The highest BCUT2D eigenvalue weighted by atomic mass is 16.2. The fourth-order valence-electron chi connectivity index (χ4n) is 4.52. The van der Waals surface area contributed by atoms with Crippen LogP contribution in [0.2, 0.25) is 0 Å². The molecule has 2 aromatic rings. The maximum atomic E-state index is 13.4. The molecule has 0 aliphatic carbocycles. The smallest absolute Gasteiger partial charge is 0.325 e. The van der Waals surface area contributed by atoms with Crippen LogP contribution in [0.15, 0.2) is 54.6 Å². The number of carbonyl (C=O) groups excluding carboxylic acids is 3. The summed E-state index contributed by atoms with van der Waals surface area (Å²) in [6.07, 6.45) is 4.57. The second kappa shape index (κ2) is 9.42. The van der Waals surface area contributed by atoms with Crippen molar-refractivity contribution < 1.29 is 14.4 Å². The number of nitrogens with one attached hydrogen (secondary N) is 2. The molecule has 0 aromatic heterocycles. The van der Waals surface area contributed by atoms with Crippen LogP contribution in [0.1, 0.15) is 44.6 Å². The van der Waals surface area contributed by atoms with E-state index in [0.29, 0.717) is 12.1 Å². The molecule has 0 saturated carbocycles. The van der Waals surface area contributed by atoms with Gasteiger partial charge in [0.2, 0.25) is 5.91 Å². The van der Waals surface area contributed by atoms with Crippen LogP contribution in [0.4, 0.5) is 16.2 Å². The summed E-state index contributed by atoms with van der Waals surface area (Å²) in [6.45, 7) is 3.83. The molecule has 2 aliphatic heterocycles. The largest absolute Gasteiger partial charge is 0.372 e. The number of urea groups is 1. The summed E-state index contributed by atoms with van der Waals surface area (Å²) in [6, 6.07) is 16.4. The van der Waals surface area contributed by atoms with E-state index in [9.17, 15) is 14.4 Å². The lowest BCUT2D eigenvalue weighted by molar-refractivity contribution is -0.134. The number of anilines is 2. The van der Waals surface area contributed by atoms with Gasteiger partial charge in [-0.15, -0.1) is 0 Å². The Balaban J connectivity index is 1.44. The van der Waals surface area contributed by atoms with Crippen LogP contribution in [-0.4, -0.2) is 42.4 Å². The average molecular weight is 435 g/mol. The minimum Gasteiger partial charge on any atom is -0.372 e. The van der Waals surface area contributed by atoms with Crippen LogP contribution >= 0.6 is 0 Å². The third-order valence-corrected chi connectivity index (χ3v) is 6.27. The van der Waals surface area contributed by atoms with Gasteiger partial charge in [0, 0.05) is 24.5 Å². The summed E-state index contributed by atoms with van der Waals surface area (Å²) in [4.78, 5) is 42.1. The van der Waals surface area contributed by atoms with Crippen LogP contribution in [0.5, 0.6) is 0 Å². The fraction of sp³-hybridized carbons (Fsp3) is 0.400. The van der Waals surface area contributed by atoms with Gasteiger partial charge in [0.15, 0.2) is 0 Å². The number of hydrogen-bond acceptors (Lipinski definition) is 4. The molecule has 0 spiro atoms. The topological polar surface area (TPSA) is 81.8 Å². The Bertz CT molecular complexity index is 970. The molecule has 2 aliphatic rings. The molecule has 0 radical (unpaired) electrons. The molecule has 2 heterocycles. The molecule has 0 bridgehead atoms. The predicted molar refractivity (Wildman–Crippen MR) is 124 cm³/mol. The minimum atomic E-state index is -1.12. The minimum absolute atomic E-state index is 0.320.